The lowest BCUT2D eigenvalue weighted by atomic mass is 9.81. The Balaban J connectivity index is 1.55. The first-order chi connectivity index (χ1) is 18.5. The van der Waals surface area contributed by atoms with Crippen LogP contribution in [0.25, 0.3) is 28.2 Å². The molecule has 3 unspecified atom stereocenters. The molecule has 5 rings (SSSR count). The number of halogens is 6. The van der Waals surface area contributed by atoms with Crippen LogP contribution >= 0.6 is 11.6 Å². The van der Waals surface area contributed by atoms with Gasteiger partial charge in [0.2, 0.25) is 0 Å². The molecule has 0 saturated heterocycles. The van der Waals surface area contributed by atoms with Crippen LogP contribution in [0.5, 0.6) is 0 Å². The smallest absolute Gasteiger partial charge is 0.434 e. The van der Waals surface area contributed by atoms with Gasteiger partial charge in [-0.25, -0.2) is 23.2 Å². The van der Waals surface area contributed by atoms with Gasteiger partial charge in [0.1, 0.15) is 17.9 Å². The summed E-state index contributed by atoms with van der Waals surface area (Å²) < 4.78 is 70.1. The van der Waals surface area contributed by atoms with Gasteiger partial charge in [0.25, 0.3) is 0 Å². The molecule has 202 valence electrons. The van der Waals surface area contributed by atoms with E-state index in [1.165, 1.54) is 12.1 Å². The summed E-state index contributed by atoms with van der Waals surface area (Å²) in [5, 5.41) is 13.2. The molecule has 0 radical (unpaired) electrons. The highest BCUT2D eigenvalue weighted by Crippen LogP contribution is 2.39. The second-order valence-electron chi connectivity index (χ2n) is 9.31. The normalized spacial score (nSPS) is 19.7. The molecule has 39 heavy (non-hydrogen) atoms. The largest absolute Gasteiger partial charge is 0.478 e. The number of pyridine rings is 1. The van der Waals surface area contributed by atoms with Crippen molar-refractivity contribution >= 4 is 17.6 Å². The molecule has 0 amide bonds. The summed E-state index contributed by atoms with van der Waals surface area (Å²) in [6.07, 6.45) is -6.03. The lowest BCUT2D eigenvalue weighted by Crippen LogP contribution is -2.29. The minimum atomic E-state index is -5.00. The molecule has 1 saturated carbocycles. The Hall–Kier alpha value is -3.79. The van der Waals surface area contributed by atoms with Crippen LogP contribution in [0, 0.1) is 0 Å². The minimum Gasteiger partial charge on any atom is -0.478 e. The average Bonchev–Trinajstić information content (AvgIpc) is 3.37. The van der Waals surface area contributed by atoms with Gasteiger partial charge in [0, 0.05) is 16.5 Å². The summed E-state index contributed by atoms with van der Waals surface area (Å²) in [5.41, 5.74) is 0.381. The van der Waals surface area contributed by atoms with E-state index in [2.05, 4.69) is 10.1 Å². The van der Waals surface area contributed by atoms with Crippen LogP contribution in [0.1, 0.15) is 46.8 Å². The van der Waals surface area contributed by atoms with Gasteiger partial charge in [0.15, 0.2) is 11.5 Å². The van der Waals surface area contributed by atoms with Gasteiger partial charge >= 0.3 is 12.1 Å². The summed E-state index contributed by atoms with van der Waals surface area (Å²) in [6.45, 7) is 0. The molecule has 1 N–H and O–H groups in total. The molecule has 1 aliphatic rings. The van der Waals surface area contributed by atoms with E-state index in [0.29, 0.717) is 51.0 Å². The molecule has 2 aromatic carbocycles. The predicted molar refractivity (Wildman–Crippen MR) is 136 cm³/mol. The van der Waals surface area contributed by atoms with Gasteiger partial charge in [-0.3, -0.25) is 0 Å². The van der Waals surface area contributed by atoms with E-state index < -0.39 is 41.7 Å². The molecule has 2 heterocycles. The molecule has 2 aromatic heterocycles. The molecule has 3 atom stereocenters. The highest BCUT2D eigenvalue weighted by molar-refractivity contribution is 6.31. The standard InChI is InChI=1S/C28H21ClF5N3O2/c29-17-11-12-18(15-7-9-16(10-8-15)19-3-1-4-22(30)25(19)31)20(13-17)23-5-2-6-24(36-23)37-26(28(32,33)34)21(14-35-37)27(38)39/h2,5-14,19,22,25H,1,3-4H2,(H,38,39). The third kappa shape index (κ3) is 5.25. The first-order valence-corrected chi connectivity index (χ1v) is 12.5. The van der Waals surface area contributed by atoms with Crippen LogP contribution in [0.2, 0.25) is 5.02 Å². The summed E-state index contributed by atoms with van der Waals surface area (Å²) in [6, 6.07) is 16.4. The fourth-order valence-electron chi connectivity index (χ4n) is 4.99. The van der Waals surface area contributed by atoms with E-state index in [1.54, 1.807) is 48.5 Å². The number of benzene rings is 2. The fraction of sp³-hybridized carbons (Fsp3) is 0.250. The summed E-state index contributed by atoms with van der Waals surface area (Å²) in [5.74, 6) is -2.53. The van der Waals surface area contributed by atoms with Crippen LogP contribution < -0.4 is 0 Å². The quantitative estimate of drug-likeness (QED) is 0.251. The highest BCUT2D eigenvalue weighted by Gasteiger charge is 2.41. The van der Waals surface area contributed by atoms with E-state index >= 15 is 0 Å². The van der Waals surface area contributed by atoms with E-state index in [0.717, 1.165) is 0 Å². The monoisotopic (exact) mass is 561 g/mol. The number of aromatic nitrogens is 3. The number of aromatic carboxylic acids is 1. The molecular weight excluding hydrogens is 541 g/mol. The van der Waals surface area contributed by atoms with Gasteiger partial charge in [-0.2, -0.15) is 18.3 Å². The van der Waals surface area contributed by atoms with Crippen molar-refractivity contribution < 1.29 is 31.9 Å². The minimum absolute atomic E-state index is 0.219. The van der Waals surface area contributed by atoms with Crippen LogP contribution in [0.4, 0.5) is 22.0 Å². The Kier molecular flexibility index (Phi) is 7.15. The predicted octanol–water partition coefficient (Wildman–Crippen LogP) is 7.92. The van der Waals surface area contributed by atoms with Crippen LogP contribution in [0.15, 0.2) is 66.9 Å². The fourth-order valence-corrected chi connectivity index (χ4v) is 5.16. The number of rotatable bonds is 5. The van der Waals surface area contributed by atoms with Crippen LogP contribution in [-0.4, -0.2) is 38.2 Å². The Morgan fingerprint density at radius 3 is 2.44 bits per heavy atom. The van der Waals surface area contributed by atoms with Crippen molar-refractivity contribution in [1.29, 1.82) is 0 Å². The zero-order chi connectivity index (χ0) is 27.9. The van der Waals surface area contributed by atoms with Gasteiger partial charge in [0.05, 0.1) is 11.9 Å². The molecule has 5 nitrogen and oxygen atoms in total. The van der Waals surface area contributed by atoms with Crippen molar-refractivity contribution in [1.82, 2.24) is 14.8 Å². The Bertz CT molecular complexity index is 1520. The summed E-state index contributed by atoms with van der Waals surface area (Å²) >= 11 is 6.25. The van der Waals surface area contributed by atoms with Crippen molar-refractivity contribution in [3.8, 4) is 28.2 Å². The second kappa shape index (κ2) is 10.4. The van der Waals surface area contributed by atoms with Crippen molar-refractivity contribution in [3.05, 3.63) is 88.7 Å². The zero-order valence-corrected chi connectivity index (χ0v) is 20.9. The van der Waals surface area contributed by atoms with Crippen molar-refractivity contribution in [2.75, 3.05) is 0 Å². The maximum absolute atomic E-state index is 14.5. The number of hydrogen-bond donors (Lipinski definition) is 1. The lowest BCUT2D eigenvalue weighted by molar-refractivity contribution is -0.143. The van der Waals surface area contributed by atoms with Gasteiger partial charge in [-0.1, -0.05) is 48.0 Å². The van der Waals surface area contributed by atoms with Gasteiger partial charge in [-0.15, -0.1) is 0 Å². The van der Waals surface area contributed by atoms with Crippen LogP contribution in [0.3, 0.4) is 0 Å². The lowest BCUT2D eigenvalue weighted by Gasteiger charge is -2.29. The first-order valence-electron chi connectivity index (χ1n) is 12.1. The maximum Gasteiger partial charge on any atom is 0.434 e. The molecule has 0 spiro atoms. The average molecular weight is 562 g/mol. The third-order valence-corrected chi connectivity index (χ3v) is 7.09. The molecular formula is C28H21ClF5N3O2. The van der Waals surface area contributed by atoms with Crippen LogP contribution in [-0.2, 0) is 6.18 Å². The number of alkyl halides is 5. The number of hydrogen-bond acceptors (Lipinski definition) is 3. The number of carboxylic acids is 1. The number of carbonyl (C=O) groups is 1. The molecule has 11 heteroatoms. The van der Waals surface area contributed by atoms with E-state index in [4.69, 9.17) is 11.6 Å². The topological polar surface area (TPSA) is 68.0 Å². The molecule has 1 aliphatic carbocycles. The van der Waals surface area contributed by atoms with E-state index in [1.807, 2.05) is 0 Å². The molecule has 1 fully saturated rings. The first kappa shape index (κ1) is 26.8. The molecule has 4 aromatic rings. The van der Waals surface area contributed by atoms with Crippen molar-refractivity contribution in [2.24, 2.45) is 0 Å². The van der Waals surface area contributed by atoms with Gasteiger partial charge < -0.3 is 5.11 Å². The third-order valence-electron chi connectivity index (χ3n) is 6.85. The number of carboxylic acid groups (broad SMARTS) is 1. The van der Waals surface area contributed by atoms with E-state index in [-0.39, 0.29) is 17.9 Å². The number of nitrogens with zero attached hydrogens (tertiary/aromatic N) is 3. The zero-order valence-electron chi connectivity index (χ0n) is 20.2. The molecule has 0 bridgehead atoms. The maximum atomic E-state index is 14.5. The Morgan fingerprint density at radius 1 is 1.00 bits per heavy atom. The van der Waals surface area contributed by atoms with Crippen molar-refractivity contribution in [3.63, 3.8) is 0 Å². The van der Waals surface area contributed by atoms with Crippen molar-refractivity contribution in [2.45, 2.75) is 43.7 Å². The molecule has 0 aliphatic heterocycles. The Labute approximate surface area is 224 Å². The highest BCUT2D eigenvalue weighted by atomic mass is 35.5. The van der Waals surface area contributed by atoms with E-state index in [9.17, 15) is 31.9 Å². The van der Waals surface area contributed by atoms with Gasteiger partial charge in [-0.05, 0) is 60.2 Å². The Morgan fingerprint density at radius 2 is 1.74 bits per heavy atom. The SMILES string of the molecule is O=C(O)c1cnn(-c2cccc(-c3cc(Cl)ccc3-c3ccc(C4CCCC(F)C4F)cc3)n2)c1C(F)(F)F. The second-order valence-corrected chi connectivity index (χ2v) is 9.75. The summed E-state index contributed by atoms with van der Waals surface area (Å²) in [7, 11) is 0. The summed E-state index contributed by atoms with van der Waals surface area (Å²) in [4.78, 5) is 15.7.